The molecule has 2 heterocycles. The van der Waals surface area contributed by atoms with Crippen molar-refractivity contribution in [1.29, 1.82) is 0 Å². The van der Waals surface area contributed by atoms with E-state index in [0.29, 0.717) is 5.56 Å². The number of aromatic hydroxyl groups is 2. The zero-order valence-corrected chi connectivity index (χ0v) is 18.5. The molecular formula is C24H22O12. The average Bonchev–Trinajstić information content (AvgIpc) is 2.83. The van der Waals surface area contributed by atoms with Crippen LogP contribution in [-0.4, -0.2) is 73.6 Å². The minimum atomic E-state index is -1.82. The predicted octanol–water partition coefficient (Wildman–Crippen LogP) is 0.412. The van der Waals surface area contributed by atoms with Gasteiger partial charge in [0.2, 0.25) is 5.43 Å². The Balaban J connectivity index is 1.71. The van der Waals surface area contributed by atoms with Crippen molar-refractivity contribution in [3.63, 3.8) is 0 Å². The van der Waals surface area contributed by atoms with E-state index in [9.17, 15) is 39.9 Å². The van der Waals surface area contributed by atoms with E-state index >= 15 is 0 Å². The summed E-state index contributed by atoms with van der Waals surface area (Å²) >= 11 is 0. The summed E-state index contributed by atoms with van der Waals surface area (Å²) in [6.45, 7) is -0.659. The summed E-state index contributed by atoms with van der Waals surface area (Å²) in [7, 11) is 0. The van der Waals surface area contributed by atoms with Gasteiger partial charge in [-0.25, -0.2) is 0 Å². The second-order valence-electron chi connectivity index (χ2n) is 8.22. The first-order valence-electron chi connectivity index (χ1n) is 10.7. The van der Waals surface area contributed by atoms with Gasteiger partial charge in [-0.1, -0.05) is 12.1 Å². The van der Waals surface area contributed by atoms with Gasteiger partial charge < -0.3 is 44.5 Å². The average molecular weight is 502 g/mol. The number of carboxylic acid groups (broad SMARTS) is 1. The van der Waals surface area contributed by atoms with Crippen molar-refractivity contribution in [3.05, 3.63) is 58.4 Å². The second-order valence-corrected chi connectivity index (χ2v) is 8.22. The van der Waals surface area contributed by atoms with Crippen LogP contribution in [-0.2, 0) is 19.1 Å². The number of aliphatic carboxylic acids is 1. The number of carboxylic acids is 1. The van der Waals surface area contributed by atoms with Gasteiger partial charge in [0.25, 0.3) is 0 Å². The predicted molar refractivity (Wildman–Crippen MR) is 120 cm³/mol. The molecular weight excluding hydrogens is 480 g/mol. The lowest BCUT2D eigenvalue weighted by Crippen LogP contribution is -2.55. The highest BCUT2D eigenvalue weighted by molar-refractivity contribution is 5.90. The number of hydrogen-bond donors (Lipinski definition) is 6. The van der Waals surface area contributed by atoms with Crippen molar-refractivity contribution in [2.45, 2.75) is 36.9 Å². The molecule has 4 rings (SSSR count). The molecule has 36 heavy (non-hydrogen) atoms. The molecule has 1 aliphatic rings. The van der Waals surface area contributed by atoms with E-state index < -0.39 is 66.7 Å². The highest BCUT2D eigenvalue weighted by Gasteiger charge is 2.46. The number of aliphatic hydroxyl groups is 3. The van der Waals surface area contributed by atoms with E-state index in [2.05, 4.69) is 0 Å². The number of esters is 1. The number of ether oxygens (including phenoxy) is 2. The lowest BCUT2D eigenvalue weighted by molar-refractivity contribution is -0.234. The van der Waals surface area contributed by atoms with Gasteiger partial charge in [-0.05, 0) is 29.8 Å². The van der Waals surface area contributed by atoms with E-state index in [4.69, 9.17) is 19.0 Å². The molecule has 6 N–H and O–H groups in total. The number of fused-ring (bicyclic) bond motifs is 1. The Labute approximate surface area is 202 Å². The molecule has 1 aliphatic heterocycles. The molecule has 190 valence electrons. The van der Waals surface area contributed by atoms with Crippen LogP contribution in [0.25, 0.3) is 22.1 Å². The van der Waals surface area contributed by atoms with Crippen LogP contribution in [0.1, 0.15) is 18.1 Å². The Morgan fingerprint density at radius 1 is 0.944 bits per heavy atom. The van der Waals surface area contributed by atoms with Crippen molar-refractivity contribution >= 4 is 22.9 Å². The topological polar surface area (TPSA) is 204 Å². The summed E-state index contributed by atoms with van der Waals surface area (Å²) in [5.74, 6) is -2.99. The molecule has 5 atom stereocenters. The fourth-order valence-electron chi connectivity index (χ4n) is 4.00. The first-order chi connectivity index (χ1) is 17.1. The molecule has 12 nitrogen and oxygen atoms in total. The van der Waals surface area contributed by atoms with Crippen molar-refractivity contribution in [1.82, 2.24) is 0 Å². The Bertz CT molecular complexity index is 1350. The van der Waals surface area contributed by atoms with Crippen LogP contribution < -0.4 is 5.43 Å². The van der Waals surface area contributed by atoms with Crippen molar-refractivity contribution in [2.24, 2.45) is 0 Å². The van der Waals surface area contributed by atoms with Crippen LogP contribution in [0.2, 0.25) is 0 Å². The largest absolute Gasteiger partial charge is 0.508 e. The van der Waals surface area contributed by atoms with Crippen LogP contribution >= 0.6 is 0 Å². The third-order valence-corrected chi connectivity index (χ3v) is 5.84. The van der Waals surface area contributed by atoms with Gasteiger partial charge in [-0.15, -0.1) is 0 Å². The van der Waals surface area contributed by atoms with Gasteiger partial charge in [-0.3, -0.25) is 14.4 Å². The quantitative estimate of drug-likeness (QED) is 0.200. The smallest absolute Gasteiger partial charge is 0.317 e. The zero-order valence-electron chi connectivity index (χ0n) is 18.5. The van der Waals surface area contributed by atoms with Gasteiger partial charge in [0, 0.05) is 0 Å². The number of rotatable bonds is 6. The second kappa shape index (κ2) is 9.95. The standard InChI is InChI=1S/C24H22O12/c25-11-3-1-10(2-4-11)13-8-35-23-12(19(13)30)5-6-14(26)18(23)24-22(33)21(32)20(31)15(36-24)9-34-17(29)7-16(27)28/h1-6,8,15,20-22,24-26,31-33H,7,9H2,(H,27,28). The SMILES string of the molecule is O=C(O)CC(=O)OCC1OC(c2c(O)ccc3c(=O)c(-c4ccc(O)cc4)coc23)C(O)C(O)C1O. The molecule has 2 aromatic carbocycles. The normalized spacial score (nSPS) is 23.9. The summed E-state index contributed by atoms with van der Waals surface area (Å²) in [6.07, 6.45) is -8.07. The van der Waals surface area contributed by atoms with E-state index in [0.717, 1.165) is 6.26 Å². The fraction of sp³-hybridized carbons (Fsp3) is 0.292. The first kappa shape index (κ1) is 25.1. The third kappa shape index (κ3) is 4.75. The molecule has 0 aliphatic carbocycles. The highest BCUT2D eigenvalue weighted by atomic mass is 16.6. The monoisotopic (exact) mass is 502 g/mol. The lowest BCUT2D eigenvalue weighted by atomic mass is 9.89. The Kier molecular flexibility index (Phi) is 6.95. The molecule has 0 radical (unpaired) electrons. The Morgan fingerprint density at radius 2 is 1.64 bits per heavy atom. The van der Waals surface area contributed by atoms with Gasteiger partial charge in [0.05, 0.1) is 16.5 Å². The third-order valence-electron chi connectivity index (χ3n) is 5.84. The minimum absolute atomic E-state index is 0.00325. The molecule has 0 amide bonds. The molecule has 3 aromatic rings. The number of phenols is 2. The van der Waals surface area contributed by atoms with Gasteiger partial charge in [0.15, 0.2) is 0 Å². The van der Waals surface area contributed by atoms with Gasteiger partial charge >= 0.3 is 11.9 Å². The number of carbonyl (C=O) groups excluding carboxylic acids is 1. The van der Waals surface area contributed by atoms with Gasteiger partial charge in [-0.2, -0.15) is 0 Å². The Morgan fingerprint density at radius 3 is 2.31 bits per heavy atom. The van der Waals surface area contributed by atoms with Crippen molar-refractivity contribution in [3.8, 4) is 22.6 Å². The summed E-state index contributed by atoms with van der Waals surface area (Å²) < 4.78 is 16.1. The first-order valence-corrected chi connectivity index (χ1v) is 10.7. The number of carbonyl (C=O) groups is 2. The summed E-state index contributed by atoms with van der Waals surface area (Å²) in [5.41, 5.74) is -0.232. The molecule has 0 spiro atoms. The molecule has 1 saturated heterocycles. The number of hydrogen-bond acceptors (Lipinski definition) is 11. The van der Waals surface area contributed by atoms with E-state index in [-0.39, 0.29) is 27.8 Å². The highest BCUT2D eigenvalue weighted by Crippen LogP contribution is 2.40. The van der Waals surface area contributed by atoms with Crippen LogP contribution in [0.15, 0.2) is 51.9 Å². The summed E-state index contributed by atoms with van der Waals surface area (Å²) in [5, 5.41) is 60.0. The van der Waals surface area contributed by atoms with Crippen molar-refractivity contribution in [2.75, 3.05) is 6.61 Å². The zero-order chi connectivity index (χ0) is 26.1. The number of benzene rings is 2. The maximum absolute atomic E-state index is 13.2. The van der Waals surface area contributed by atoms with E-state index in [1.165, 1.54) is 36.4 Å². The molecule has 0 saturated carbocycles. The maximum atomic E-state index is 13.2. The molecule has 5 unspecified atom stereocenters. The lowest BCUT2D eigenvalue weighted by Gasteiger charge is -2.40. The van der Waals surface area contributed by atoms with E-state index in [1.54, 1.807) is 0 Å². The van der Waals surface area contributed by atoms with Gasteiger partial charge in [0.1, 0.15) is 66.9 Å². The molecule has 1 fully saturated rings. The number of aliphatic hydroxyl groups excluding tert-OH is 3. The Hall–Kier alpha value is -3.97. The minimum Gasteiger partial charge on any atom is -0.508 e. The van der Waals surface area contributed by atoms with Crippen molar-refractivity contribution < 1.29 is 54.1 Å². The maximum Gasteiger partial charge on any atom is 0.317 e. The van der Waals surface area contributed by atoms with Crippen LogP contribution in [0.5, 0.6) is 11.5 Å². The van der Waals surface area contributed by atoms with Crippen LogP contribution in [0, 0.1) is 0 Å². The van der Waals surface area contributed by atoms with Crippen LogP contribution in [0.3, 0.4) is 0 Å². The van der Waals surface area contributed by atoms with Crippen LogP contribution in [0.4, 0.5) is 0 Å². The molecule has 1 aromatic heterocycles. The number of phenolic OH excluding ortho intramolecular Hbond substituents is 2. The summed E-state index contributed by atoms with van der Waals surface area (Å²) in [4.78, 5) is 35.4. The molecule has 0 bridgehead atoms. The molecule has 12 heteroatoms. The summed E-state index contributed by atoms with van der Waals surface area (Å²) in [6, 6.07) is 8.28. The van der Waals surface area contributed by atoms with E-state index in [1.807, 2.05) is 0 Å². The fourth-order valence-corrected chi connectivity index (χ4v) is 4.00.